The van der Waals surface area contributed by atoms with Crippen molar-refractivity contribution < 1.29 is 9.47 Å². The molecule has 3 unspecified atom stereocenters. The normalized spacial score (nSPS) is 32.9. The number of allylic oxidation sites excluding steroid dienone is 2. The molecule has 0 heterocycles. The number of rotatable bonds is 7. The second kappa shape index (κ2) is 7.25. The molecule has 0 aromatic heterocycles. The Kier molecular flexibility index (Phi) is 5.09. The summed E-state index contributed by atoms with van der Waals surface area (Å²) in [6.45, 7) is 5.49. The zero-order valence-corrected chi connectivity index (χ0v) is 14.3. The number of fused-ring (bicyclic) bond motifs is 2. The zero-order valence-electron chi connectivity index (χ0n) is 14.3. The van der Waals surface area contributed by atoms with Crippen LogP contribution in [-0.2, 0) is 9.47 Å². The fraction of sp³-hybridized carbons (Fsp3) is 0.524. The van der Waals surface area contributed by atoms with Gasteiger partial charge in [0, 0.05) is 5.41 Å². The van der Waals surface area contributed by atoms with E-state index in [1.54, 1.807) is 0 Å². The average Bonchev–Trinajstić information content (AvgIpc) is 3.16. The quantitative estimate of drug-likeness (QED) is 0.637. The summed E-state index contributed by atoms with van der Waals surface area (Å²) in [4.78, 5) is 0. The third kappa shape index (κ3) is 3.04. The van der Waals surface area contributed by atoms with Crippen LogP contribution in [0.1, 0.15) is 44.6 Å². The molecule has 2 bridgehead atoms. The number of hydrogen-bond donors (Lipinski definition) is 0. The van der Waals surface area contributed by atoms with Crippen LogP contribution in [0.4, 0.5) is 0 Å². The van der Waals surface area contributed by atoms with Crippen molar-refractivity contribution in [3.05, 3.63) is 60.6 Å². The van der Waals surface area contributed by atoms with Crippen LogP contribution >= 0.6 is 0 Å². The lowest BCUT2D eigenvalue weighted by Crippen LogP contribution is -2.42. The molecule has 0 spiro atoms. The molecule has 0 radical (unpaired) electrons. The third-order valence-electron chi connectivity index (χ3n) is 5.70. The Morgan fingerprint density at radius 1 is 1.00 bits per heavy atom. The van der Waals surface area contributed by atoms with Crippen LogP contribution in [0.25, 0.3) is 0 Å². The van der Waals surface area contributed by atoms with Gasteiger partial charge in [-0.15, -0.1) is 0 Å². The van der Waals surface area contributed by atoms with Crippen LogP contribution in [0, 0.1) is 17.3 Å². The monoisotopic (exact) mass is 312 g/mol. The van der Waals surface area contributed by atoms with E-state index in [1.165, 1.54) is 24.8 Å². The highest BCUT2D eigenvalue weighted by Crippen LogP contribution is 2.63. The SMILES string of the molecule is CC=COCC1(COC=CC)C2CCC(C2)C1c1ccccc1. The van der Waals surface area contributed by atoms with Gasteiger partial charge in [-0.3, -0.25) is 0 Å². The minimum atomic E-state index is 0.0866. The highest BCUT2D eigenvalue weighted by molar-refractivity contribution is 5.28. The molecule has 2 fully saturated rings. The van der Waals surface area contributed by atoms with E-state index in [2.05, 4.69) is 30.3 Å². The van der Waals surface area contributed by atoms with E-state index in [0.29, 0.717) is 11.8 Å². The molecule has 2 aliphatic rings. The van der Waals surface area contributed by atoms with Gasteiger partial charge in [0.2, 0.25) is 0 Å². The number of ether oxygens (including phenoxy) is 2. The summed E-state index contributed by atoms with van der Waals surface area (Å²) in [5.74, 6) is 2.01. The fourth-order valence-corrected chi connectivity index (χ4v) is 4.89. The topological polar surface area (TPSA) is 18.5 Å². The summed E-state index contributed by atoms with van der Waals surface area (Å²) >= 11 is 0. The molecular formula is C21H28O2. The maximum Gasteiger partial charge on any atom is 0.0970 e. The van der Waals surface area contributed by atoms with Crippen molar-refractivity contribution >= 4 is 0 Å². The van der Waals surface area contributed by atoms with Crippen LogP contribution in [0.3, 0.4) is 0 Å². The summed E-state index contributed by atoms with van der Waals surface area (Å²) in [6.07, 6.45) is 11.6. The van der Waals surface area contributed by atoms with Gasteiger partial charge in [-0.2, -0.15) is 0 Å². The molecule has 3 atom stereocenters. The smallest absolute Gasteiger partial charge is 0.0970 e. The van der Waals surface area contributed by atoms with Crippen molar-refractivity contribution in [2.24, 2.45) is 17.3 Å². The van der Waals surface area contributed by atoms with E-state index in [-0.39, 0.29) is 5.41 Å². The maximum absolute atomic E-state index is 5.92. The summed E-state index contributed by atoms with van der Waals surface area (Å²) < 4.78 is 11.8. The van der Waals surface area contributed by atoms with Crippen molar-refractivity contribution in [1.82, 2.24) is 0 Å². The first-order valence-electron chi connectivity index (χ1n) is 8.82. The number of hydrogen-bond acceptors (Lipinski definition) is 2. The van der Waals surface area contributed by atoms with E-state index in [4.69, 9.17) is 9.47 Å². The zero-order chi connectivity index (χ0) is 16.1. The van der Waals surface area contributed by atoms with Crippen LogP contribution < -0.4 is 0 Å². The Balaban J connectivity index is 1.92. The molecule has 23 heavy (non-hydrogen) atoms. The predicted molar refractivity (Wildman–Crippen MR) is 94.0 cm³/mol. The van der Waals surface area contributed by atoms with Crippen molar-refractivity contribution in [1.29, 1.82) is 0 Å². The molecule has 1 aromatic carbocycles. The predicted octanol–water partition coefficient (Wildman–Crippen LogP) is 5.29. The first-order chi connectivity index (χ1) is 11.3. The molecule has 0 saturated heterocycles. The van der Waals surface area contributed by atoms with Crippen LogP contribution in [0.2, 0.25) is 0 Å². The lowest BCUT2D eigenvalue weighted by Gasteiger charge is -2.43. The Labute approximate surface area is 140 Å². The number of benzene rings is 1. The first-order valence-corrected chi connectivity index (χ1v) is 8.82. The van der Waals surface area contributed by atoms with Crippen LogP contribution in [-0.4, -0.2) is 13.2 Å². The van der Waals surface area contributed by atoms with Gasteiger partial charge in [0.05, 0.1) is 25.7 Å². The molecule has 0 N–H and O–H groups in total. The molecule has 1 aromatic rings. The van der Waals surface area contributed by atoms with Crippen molar-refractivity contribution in [3.8, 4) is 0 Å². The van der Waals surface area contributed by atoms with Crippen molar-refractivity contribution in [2.45, 2.75) is 39.0 Å². The third-order valence-corrected chi connectivity index (χ3v) is 5.70. The van der Waals surface area contributed by atoms with E-state index in [0.717, 1.165) is 19.1 Å². The van der Waals surface area contributed by atoms with Gasteiger partial charge in [-0.05, 0) is 56.4 Å². The van der Waals surface area contributed by atoms with Crippen LogP contribution in [0.15, 0.2) is 55.0 Å². The molecule has 2 aliphatic carbocycles. The van der Waals surface area contributed by atoms with Gasteiger partial charge >= 0.3 is 0 Å². The van der Waals surface area contributed by atoms with Crippen molar-refractivity contribution in [3.63, 3.8) is 0 Å². The standard InChI is InChI=1S/C21H28O2/c1-3-12-22-15-21(16-23-13-4-2)19-11-10-18(14-19)20(21)17-8-6-5-7-9-17/h3-9,12-13,18-20H,10-11,14-16H2,1-2H3. The molecule has 124 valence electrons. The highest BCUT2D eigenvalue weighted by Gasteiger charge is 2.59. The molecule has 2 nitrogen and oxygen atoms in total. The van der Waals surface area contributed by atoms with E-state index < -0.39 is 0 Å². The van der Waals surface area contributed by atoms with Crippen LogP contribution in [0.5, 0.6) is 0 Å². The Hall–Kier alpha value is -1.70. The summed E-state index contributed by atoms with van der Waals surface area (Å²) in [7, 11) is 0. The minimum absolute atomic E-state index is 0.0866. The lowest BCUT2D eigenvalue weighted by atomic mass is 9.64. The summed E-state index contributed by atoms with van der Waals surface area (Å²) in [5.41, 5.74) is 1.54. The summed E-state index contributed by atoms with van der Waals surface area (Å²) in [6, 6.07) is 11.0. The molecule has 2 saturated carbocycles. The largest absolute Gasteiger partial charge is 0.501 e. The minimum Gasteiger partial charge on any atom is -0.501 e. The van der Waals surface area contributed by atoms with E-state index >= 15 is 0 Å². The Bertz CT molecular complexity index is 530. The summed E-state index contributed by atoms with van der Waals surface area (Å²) in [5, 5.41) is 0. The second-order valence-electron chi connectivity index (χ2n) is 6.95. The average molecular weight is 312 g/mol. The molecule has 0 amide bonds. The fourth-order valence-electron chi connectivity index (χ4n) is 4.89. The molecule has 3 rings (SSSR count). The van der Waals surface area contributed by atoms with Gasteiger partial charge < -0.3 is 9.47 Å². The highest BCUT2D eigenvalue weighted by atomic mass is 16.5. The van der Waals surface area contributed by atoms with Gasteiger partial charge in [0.1, 0.15) is 0 Å². The van der Waals surface area contributed by atoms with Gasteiger partial charge in [0.25, 0.3) is 0 Å². The first kappa shape index (κ1) is 16.2. The van der Waals surface area contributed by atoms with Gasteiger partial charge in [0.15, 0.2) is 0 Å². The van der Waals surface area contributed by atoms with Gasteiger partial charge in [-0.1, -0.05) is 42.5 Å². The van der Waals surface area contributed by atoms with E-state index in [1.807, 2.05) is 38.5 Å². The Morgan fingerprint density at radius 2 is 1.65 bits per heavy atom. The molecule has 2 heteroatoms. The Morgan fingerprint density at radius 3 is 2.26 bits per heavy atom. The molecular weight excluding hydrogens is 284 g/mol. The van der Waals surface area contributed by atoms with Gasteiger partial charge in [-0.25, -0.2) is 0 Å². The second-order valence-corrected chi connectivity index (χ2v) is 6.95. The van der Waals surface area contributed by atoms with E-state index in [9.17, 15) is 0 Å². The molecule has 0 aliphatic heterocycles. The lowest BCUT2D eigenvalue weighted by molar-refractivity contribution is -0.0192. The maximum atomic E-state index is 5.92. The van der Waals surface area contributed by atoms with Crippen molar-refractivity contribution in [2.75, 3.05) is 13.2 Å².